The van der Waals surface area contributed by atoms with Crippen molar-refractivity contribution in [2.24, 2.45) is 0 Å². The summed E-state index contributed by atoms with van der Waals surface area (Å²) in [5.74, 6) is 0. The summed E-state index contributed by atoms with van der Waals surface area (Å²) in [4.78, 5) is 3.47. The molecule has 34 valence electrons. The van der Waals surface area contributed by atoms with Gasteiger partial charge in [-0.1, -0.05) is 0 Å². The van der Waals surface area contributed by atoms with Crippen LogP contribution in [0.3, 0.4) is 0 Å². The van der Waals surface area contributed by atoms with Crippen molar-refractivity contribution < 1.29 is 3.83 Å². The van der Waals surface area contributed by atoms with Crippen LogP contribution < -0.4 is 0 Å². The summed E-state index contributed by atoms with van der Waals surface area (Å²) in [5, 5.41) is 0. The number of rotatable bonds is 0. The SMILES string of the molecule is O=[Se]1C=CC=C1.[NaH]. The fraction of sp³-hybridized carbons (Fsp3) is 0. The van der Waals surface area contributed by atoms with Gasteiger partial charge in [-0.3, -0.25) is 0 Å². The van der Waals surface area contributed by atoms with Gasteiger partial charge in [0, 0.05) is 0 Å². The van der Waals surface area contributed by atoms with E-state index in [1.807, 2.05) is 12.2 Å². The average Bonchev–Trinajstić information content (AvgIpc) is 1.86. The van der Waals surface area contributed by atoms with Crippen molar-refractivity contribution in [3.8, 4) is 0 Å². The normalized spacial score (nSPS) is 17.1. The first-order valence-electron chi connectivity index (χ1n) is 1.64. The van der Waals surface area contributed by atoms with Crippen LogP contribution in [0.5, 0.6) is 0 Å². The molecule has 0 bridgehead atoms. The molecule has 7 heavy (non-hydrogen) atoms. The van der Waals surface area contributed by atoms with Crippen LogP contribution >= 0.6 is 0 Å². The molecule has 0 spiro atoms. The molecular weight excluding hydrogens is 166 g/mol. The van der Waals surface area contributed by atoms with Crippen LogP contribution in [0, 0.1) is 0 Å². The minimum atomic E-state index is -1.55. The molecule has 0 saturated heterocycles. The molecule has 0 aromatic rings. The van der Waals surface area contributed by atoms with Crippen LogP contribution in [0.1, 0.15) is 0 Å². The summed E-state index contributed by atoms with van der Waals surface area (Å²) < 4.78 is 10.3. The first-order chi connectivity index (χ1) is 2.89. The third-order valence-electron chi connectivity index (χ3n) is 0.536. The fourth-order valence-corrected chi connectivity index (χ4v) is 1.51. The zero-order chi connectivity index (χ0) is 4.41. The molecule has 1 nitrogen and oxygen atoms in total. The second kappa shape index (κ2) is 3.76. The van der Waals surface area contributed by atoms with Gasteiger partial charge in [-0.2, -0.15) is 0 Å². The van der Waals surface area contributed by atoms with Gasteiger partial charge in [0.05, 0.1) is 0 Å². The van der Waals surface area contributed by atoms with Crippen molar-refractivity contribution in [2.75, 3.05) is 0 Å². The Morgan fingerprint density at radius 2 is 1.57 bits per heavy atom. The zero-order valence-corrected chi connectivity index (χ0v) is 4.84. The Hall–Kier alpha value is 0.799. The summed E-state index contributed by atoms with van der Waals surface area (Å²) in [6, 6.07) is 0. The molecule has 0 radical (unpaired) electrons. The Morgan fingerprint density at radius 1 is 1.14 bits per heavy atom. The molecule has 1 aliphatic heterocycles. The molecule has 3 heteroatoms. The van der Waals surface area contributed by atoms with Crippen LogP contribution in [0.4, 0.5) is 0 Å². The van der Waals surface area contributed by atoms with Crippen molar-refractivity contribution >= 4 is 43.4 Å². The predicted molar refractivity (Wildman–Crippen MR) is 31.9 cm³/mol. The summed E-state index contributed by atoms with van der Waals surface area (Å²) in [7, 11) is 0. The van der Waals surface area contributed by atoms with E-state index in [0.29, 0.717) is 0 Å². The number of allylic oxidation sites excluding steroid dienone is 2. The van der Waals surface area contributed by atoms with Gasteiger partial charge in [0.15, 0.2) is 0 Å². The topological polar surface area (TPSA) is 17.1 Å². The average molecular weight is 171 g/mol. The standard InChI is InChI=1S/C4H4OSe.Na.H/c5-6-3-1-2-4-6;;/h1-4H;;. The van der Waals surface area contributed by atoms with Crippen LogP contribution in [0.25, 0.3) is 0 Å². The van der Waals surface area contributed by atoms with E-state index in [1.54, 1.807) is 9.95 Å². The van der Waals surface area contributed by atoms with Gasteiger partial charge >= 0.3 is 69.3 Å². The Morgan fingerprint density at radius 3 is 1.71 bits per heavy atom. The van der Waals surface area contributed by atoms with Crippen molar-refractivity contribution in [2.45, 2.75) is 0 Å². The van der Waals surface area contributed by atoms with Crippen LogP contribution in [0.15, 0.2) is 22.1 Å². The zero-order valence-electron chi connectivity index (χ0n) is 3.13. The van der Waals surface area contributed by atoms with Gasteiger partial charge in [0.25, 0.3) is 0 Å². The number of hydrogen-bond acceptors (Lipinski definition) is 1. The molecular formula is C4H5NaOSe. The molecule has 0 aromatic heterocycles. The maximum atomic E-state index is 10.3. The van der Waals surface area contributed by atoms with E-state index < -0.39 is 13.8 Å². The molecule has 0 unspecified atom stereocenters. The van der Waals surface area contributed by atoms with E-state index in [9.17, 15) is 3.83 Å². The molecule has 0 saturated carbocycles. The van der Waals surface area contributed by atoms with Gasteiger partial charge < -0.3 is 0 Å². The van der Waals surface area contributed by atoms with E-state index in [0.717, 1.165) is 0 Å². The van der Waals surface area contributed by atoms with Crippen molar-refractivity contribution in [1.29, 1.82) is 0 Å². The monoisotopic (exact) mass is 172 g/mol. The molecule has 0 N–H and O–H groups in total. The van der Waals surface area contributed by atoms with Gasteiger partial charge in [-0.25, -0.2) is 0 Å². The van der Waals surface area contributed by atoms with E-state index in [-0.39, 0.29) is 29.6 Å². The Kier molecular flexibility index (Phi) is 4.19. The fourth-order valence-electron chi connectivity index (χ4n) is 0.291. The molecule has 0 fully saturated rings. The Balaban J connectivity index is 0.000000360. The van der Waals surface area contributed by atoms with E-state index in [4.69, 9.17) is 0 Å². The summed E-state index contributed by atoms with van der Waals surface area (Å²) in [6.45, 7) is 0. The predicted octanol–water partition coefficient (Wildman–Crippen LogP) is -0.0357. The summed E-state index contributed by atoms with van der Waals surface area (Å²) in [6.07, 6.45) is 3.63. The third-order valence-corrected chi connectivity index (χ3v) is 2.32. The number of hydrogen-bond donors (Lipinski definition) is 0. The Labute approximate surface area is 68.9 Å². The summed E-state index contributed by atoms with van der Waals surface area (Å²) in [5.41, 5.74) is 0. The quantitative estimate of drug-likeness (QED) is 0.467. The van der Waals surface area contributed by atoms with Crippen LogP contribution in [-0.2, 0) is 3.83 Å². The third kappa shape index (κ3) is 2.57. The first-order valence-corrected chi connectivity index (χ1v) is 4.32. The van der Waals surface area contributed by atoms with Crippen LogP contribution in [0.2, 0.25) is 0 Å². The van der Waals surface area contributed by atoms with Gasteiger partial charge in [0.2, 0.25) is 0 Å². The van der Waals surface area contributed by atoms with Gasteiger partial charge in [0.1, 0.15) is 0 Å². The molecule has 1 heterocycles. The van der Waals surface area contributed by atoms with Crippen molar-refractivity contribution in [3.05, 3.63) is 22.1 Å². The summed E-state index contributed by atoms with van der Waals surface area (Å²) >= 11 is -1.55. The molecule has 0 aliphatic carbocycles. The van der Waals surface area contributed by atoms with E-state index >= 15 is 0 Å². The Bertz CT molecular complexity index is 114. The molecule has 1 aliphatic rings. The van der Waals surface area contributed by atoms with Crippen molar-refractivity contribution in [3.63, 3.8) is 0 Å². The molecule has 0 aromatic carbocycles. The molecule has 1 rings (SSSR count). The first kappa shape index (κ1) is 7.80. The van der Waals surface area contributed by atoms with E-state index in [2.05, 4.69) is 0 Å². The van der Waals surface area contributed by atoms with Crippen LogP contribution in [-0.4, -0.2) is 43.4 Å². The van der Waals surface area contributed by atoms with Gasteiger partial charge in [-0.15, -0.1) is 0 Å². The second-order valence-electron chi connectivity index (χ2n) is 0.986. The van der Waals surface area contributed by atoms with Crippen molar-refractivity contribution in [1.82, 2.24) is 0 Å². The minimum absolute atomic E-state index is 0. The van der Waals surface area contributed by atoms with E-state index in [1.165, 1.54) is 0 Å². The maximum absolute atomic E-state index is 10.3. The molecule has 0 atom stereocenters. The second-order valence-corrected chi connectivity index (χ2v) is 3.51. The van der Waals surface area contributed by atoms with Gasteiger partial charge in [-0.05, 0) is 0 Å². The molecule has 0 amide bonds.